The molecule has 2 heterocycles. The molecule has 1 fully saturated rings. The van der Waals surface area contributed by atoms with E-state index in [0.29, 0.717) is 30.7 Å². The number of aromatic nitrogens is 2. The zero-order chi connectivity index (χ0) is 24.6. The zero-order valence-electron chi connectivity index (χ0n) is 19.9. The maximum Gasteiger partial charge on any atom is 0.229 e. The fraction of sp³-hybridized carbons (Fsp3) is 0.360. The Labute approximate surface area is 214 Å². The summed E-state index contributed by atoms with van der Waals surface area (Å²) in [5.74, 6) is 1.79. The molecule has 1 saturated heterocycles. The largest absolute Gasteiger partial charge is 0.491 e. The molecule has 2 unspecified atom stereocenters. The first kappa shape index (κ1) is 25.3. The molecule has 10 heteroatoms. The highest BCUT2D eigenvalue weighted by Crippen LogP contribution is 2.31. The Morgan fingerprint density at radius 2 is 2.00 bits per heavy atom. The molecular formula is C25H31BrN6O3. The molecule has 35 heavy (non-hydrogen) atoms. The van der Waals surface area contributed by atoms with Gasteiger partial charge in [-0.1, -0.05) is 18.2 Å². The van der Waals surface area contributed by atoms with Crippen LogP contribution in [0.15, 0.2) is 59.2 Å². The Kier molecular flexibility index (Phi) is 8.89. The monoisotopic (exact) mass is 542 g/mol. The maximum absolute atomic E-state index is 9.96. The van der Waals surface area contributed by atoms with Crippen LogP contribution in [0.25, 0.3) is 0 Å². The molecule has 0 saturated carbocycles. The lowest BCUT2D eigenvalue weighted by molar-refractivity contribution is 0.0281. The van der Waals surface area contributed by atoms with Crippen LogP contribution >= 0.6 is 15.9 Å². The van der Waals surface area contributed by atoms with Gasteiger partial charge in [-0.05, 0) is 60.4 Å². The Bertz CT molecular complexity index is 1090. The van der Waals surface area contributed by atoms with Gasteiger partial charge in [0, 0.05) is 42.8 Å². The number of benzene rings is 2. The number of nitrogens with zero attached hydrogens (tertiary/aromatic N) is 3. The lowest BCUT2D eigenvalue weighted by Crippen LogP contribution is -2.33. The Morgan fingerprint density at radius 3 is 2.74 bits per heavy atom. The SMILES string of the molecule is CN(C)CC(O)COc1ccc(Nc2ncc(Br)c(Nc3ccccc3C3CNCCO3)n2)cc1. The molecule has 4 N–H and O–H groups in total. The molecule has 2 aromatic carbocycles. The van der Waals surface area contributed by atoms with Crippen LogP contribution in [-0.4, -0.2) is 73.0 Å². The Morgan fingerprint density at radius 1 is 1.20 bits per heavy atom. The van der Waals surface area contributed by atoms with E-state index in [0.717, 1.165) is 34.5 Å². The summed E-state index contributed by atoms with van der Waals surface area (Å²) in [5.41, 5.74) is 2.83. The molecule has 0 amide bonds. The van der Waals surface area contributed by atoms with Crippen molar-refractivity contribution in [1.29, 1.82) is 0 Å². The molecule has 0 aliphatic carbocycles. The minimum atomic E-state index is -0.545. The van der Waals surface area contributed by atoms with Crippen molar-refractivity contribution >= 4 is 39.1 Å². The van der Waals surface area contributed by atoms with Crippen LogP contribution in [0.4, 0.5) is 23.1 Å². The quantitative estimate of drug-likeness (QED) is 0.305. The van der Waals surface area contributed by atoms with Gasteiger partial charge in [0.05, 0.1) is 17.2 Å². The average Bonchev–Trinajstić information content (AvgIpc) is 2.86. The number of hydrogen-bond donors (Lipinski definition) is 4. The second-order valence-electron chi connectivity index (χ2n) is 8.54. The second kappa shape index (κ2) is 12.3. The number of rotatable bonds is 10. The van der Waals surface area contributed by atoms with Gasteiger partial charge >= 0.3 is 0 Å². The molecule has 1 aliphatic heterocycles. The van der Waals surface area contributed by atoms with E-state index in [4.69, 9.17) is 9.47 Å². The molecule has 2 atom stereocenters. The number of anilines is 4. The van der Waals surface area contributed by atoms with Gasteiger partial charge in [0.15, 0.2) is 0 Å². The summed E-state index contributed by atoms with van der Waals surface area (Å²) in [5, 5.41) is 20.0. The highest BCUT2D eigenvalue weighted by atomic mass is 79.9. The second-order valence-corrected chi connectivity index (χ2v) is 9.40. The van der Waals surface area contributed by atoms with Gasteiger partial charge in [0.1, 0.15) is 24.3 Å². The number of ether oxygens (including phenoxy) is 2. The number of hydrogen-bond acceptors (Lipinski definition) is 9. The number of aliphatic hydroxyl groups excluding tert-OH is 1. The van der Waals surface area contributed by atoms with E-state index in [2.05, 4.69) is 47.9 Å². The summed E-state index contributed by atoms with van der Waals surface area (Å²) in [6.45, 7) is 3.10. The number of morpholine rings is 1. The first-order valence-electron chi connectivity index (χ1n) is 11.5. The van der Waals surface area contributed by atoms with Gasteiger partial charge in [-0.25, -0.2) is 4.98 Å². The number of para-hydroxylation sites is 1. The summed E-state index contributed by atoms with van der Waals surface area (Å²) in [6.07, 6.45) is 1.15. The fourth-order valence-electron chi connectivity index (χ4n) is 3.73. The predicted octanol–water partition coefficient (Wildman–Crippen LogP) is 3.69. The summed E-state index contributed by atoms with van der Waals surface area (Å²) in [4.78, 5) is 11.0. The summed E-state index contributed by atoms with van der Waals surface area (Å²) in [6, 6.07) is 15.5. The van der Waals surface area contributed by atoms with Crippen LogP contribution in [0.2, 0.25) is 0 Å². The topological polar surface area (TPSA) is 104 Å². The maximum atomic E-state index is 9.96. The first-order chi connectivity index (χ1) is 17.0. The first-order valence-corrected chi connectivity index (χ1v) is 12.3. The van der Waals surface area contributed by atoms with Crippen molar-refractivity contribution in [2.24, 2.45) is 0 Å². The number of aliphatic hydroxyl groups is 1. The molecule has 0 radical (unpaired) electrons. The molecule has 3 aromatic rings. The lowest BCUT2D eigenvalue weighted by Gasteiger charge is -2.26. The van der Waals surface area contributed by atoms with Gasteiger partial charge in [-0.15, -0.1) is 0 Å². The third-order valence-electron chi connectivity index (χ3n) is 5.36. The number of likely N-dealkylation sites (N-methyl/N-ethyl adjacent to an activating group) is 1. The normalized spacial score (nSPS) is 16.7. The van der Waals surface area contributed by atoms with Crippen molar-refractivity contribution < 1.29 is 14.6 Å². The predicted molar refractivity (Wildman–Crippen MR) is 141 cm³/mol. The molecule has 0 bridgehead atoms. The van der Waals surface area contributed by atoms with Crippen LogP contribution in [0.3, 0.4) is 0 Å². The van der Waals surface area contributed by atoms with Gasteiger partial charge in [-0.2, -0.15) is 4.98 Å². The fourth-order valence-corrected chi connectivity index (χ4v) is 4.02. The number of halogens is 1. The number of nitrogens with one attached hydrogen (secondary N) is 3. The van der Waals surface area contributed by atoms with E-state index < -0.39 is 6.10 Å². The van der Waals surface area contributed by atoms with E-state index in [1.807, 2.05) is 61.5 Å². The molecule has 1 aromatic heterocycles. The molecular weight excluding hydrogens is 512 g/mol. The van der Waals surface area contributed by atoms with Gasteiger partial charge < -0.3 is 35.4 Å². The standard InChI is InChI=1S/C25H31BrN6O3/c1-32(2)15-18(33)16-35-19-9-7-17(8-10-19)29-25-28-13-21(26)24(31-25)30-22-6-4-3-5-20(22)23-14-27-11-12-34-23/h3-10,13,18,23,27,33H,11-12,14-16H2,1-2H3,(H2,28,29,30,31). The lowest BCUT2D eigenvalue weighted by atomic mass is 10.1. The van der Waals surface area contributed by atoms with Crippen LogP contribution < -0.4 is 20.7 Å². The van der Waals surface area contributed by atoms with Gasteiger partial charge in [0.2, 0.25) is 5.95 Å². The zero-order valence-corrected chi connectivity index (χ0v) is 21.5. The van der Waals surface area contributed by atoms with E-state index in [-0.39, 0.29) is 12.7 Å². The van der Waals surface area contributed by atoms with Crippen molar-refractivity contribution in [3.05, 3.63) is 64.8 Å². The third kappa shape index (κ3) is 7.36. The smallest absolute Gasteiger partial charge is 0.229 e. The Hall–Kier alpha value is -2.76. The van der Waals surface area contributed by atoms with E-state index in [1.54, 1.807) is 6.20 Å². The van der Waals surface area contributed by atoms with Gasteiger partial charge in [-0.3, -0.25) is 0 Å². The van der Waals surface area contributed by atoms with Crippen molar-refractivity contribution in [3.63, 3.8) is 0 Å². The van der Waals surface area contributed by atoms with Crippen LogP contribution in [-0.2, 0) is 4.74 Å². The minimum Gasteiger partial charge on any atom is -0.491 e. The summed E-state index contributed by atoms with van der Waals surface area (Å²) >= 11 is 3.55. The van der Waals surface area contributed by atoms with E-state index >= 15 is 0 Å². The van der Waals surface area contributed by atoms with Crippen molar-refractivity contribution in [2.45, 2.75) is 12.2 Å². The summed E-state index contributed by atoms with van der Waals surface area (Å²) < 4.78 is 12.4. The molecule has 0 spiro atoms. The highest BCUT2D eigenvalue weighted by molar-refractivity contribution is 9.10. The molecule has 9 nitrogen and oxygen atoms in total. The summed E-state index contributed by atoms with van der Waals surface area (Å²) in [7, 11) is 3.83. The Balaban J connectivity index is 1.41. The van der Waals surface area contributed by atoms with Crippen LogP contribution in [0.5, 0.6) is 5.75 Å². The van der Waals surface area contributed by atoms with Gasteiger partial charge in [0.25, 0.3) is 0 Å². The highest BCUT2D eigenvalue weighted by Gasteiger charge is 2.19. The minimum absolute atomic E-state index is 0.0182. The van der Waals surface area contributed by atoms with Crippen LogP contribution in [0, 0.1) is 0 Å². The molecule has 186 valence electrons. The van der Waals surface area contributed by atoms with Crippen molar-refractivity contribution in [2.75, 3.05) is 57.6 Å². The van der Waals surface area contributed by atoms with Crippen molar-refractivity contribution in [1.82, 2.24) is 20.2 Å². The van der Waals surface area contributed by atoms with E-state index in [1.165, 1.54) is 0 Å². The average molecular weight is 543 g/mol. The van der Waals surface area contributed by atoms with E-state index in [9.17, 15) is 5.11 Å². The van der Waals surface area contributed by atoms with Crippen molar-refractivity contribution in [3.8, 4) is 5.75 Å². The molecule has 1 aliphatic rings. The van der Waals surface area contributed by atoms with Crippen LogP contribution in [0.1, 0.15) is 11.7 Å². The molecule has 4 rings (SSSR count). The third-order valence-corrected chi connectivity index (χ3v) is 5.94.